The molecule has 0 saturated carbocycles. The second-order valence-corrected chi connectivity index (χ2v) is 11.1. The van der Waals surface area contributed by atoms with Crippen molar-refractivity contribution >= 4 is 35.2 Å². The third kappa shape index (κ3) is 5.04. The van der Waals surface area contributed by atoms with Crippen molar-refractivity contribution in [3.8, 4) is 33.9 Å². The lowest BCUT2D eigenvalue weighted by molar-refractivity contribution is 1.18. The van der Waals surface area contributed by atoms with Crippen LogP contribution >= 0.6 is 0 Å². The van der Waals surface area contributed by atoms with E-state index in [1.807, 2.05) is 36.4 Å². The Hall–Kier alpha value is -5.94. The van der Waals surface area contributed by atoms with Crippen LogP contribution in [0.25, 0.3) is 33.9 Å². The Morgan fingerprint density at radius 1 is 0.378 bits per heavy atom. The van der Waals surface area contributed by atoms with Crippen LogP contribution in [0.1, 0.15) is 0 Å². The minimum atomic E-state index is -0.0774. The van der Waals surface area contributed by atoms with E-state index in [1.54, 1.807) is 0 Å². The predicted octanol–water partition coefficient (Wildman–Crippen LogP) is 9.16. The lowest BCUT2D eigenvalue weighted by Gasteiger charge is -2.30. The van der Waals surface area contributed by atoms with Gasteiger partial charge in [0.2, 0.25) is 0 Å². The fourth-order valence-electron chi connectivity index (χ4n) is 6.21. The third-order valence-corrected chi connectivity index (χ3v) is 8.27. The van der Waals surface area contributed by atoms with Gasteiger partial charge in [-0.2, -0.15) is 0 Å². The second kappa shape index (κ2) is 11.6. The molecule has 1 aliphatic rings. The Bertz CT molecular complexity index is 2010. The number of rotatable bonds is 6. The van der Waals surface area contributed by atoms with E-state index in [4.69, 9.17) is 9.97 Å². The molecule has 0 saturated heterocycles. The summed E-state index contributed by atoms with van der Waals surface area (Å²) in [5.74, 6) is 0.710. The maximum absolute atomic E-state index is 5.11. The third-order valence-electron chi connectivity index (χ3n) is 8.27. The van der Waals surface area contributed by atoms with Crippen molar-refractivity contribution in [1.29, 1.82) is 0 Å². The quantitative estimate of drug-likeness (QED) is 0.185. The van der Waals surface area contributed by atoms with Gasteiger partial charge in [0.05, 0.1) is 22.8 Å². The molecule has 0 spiro atoms. The zero-order valence-corrected chi connectivity index (χ0v) is 24.6. The molecule has 0 radical (unpaired) electrons. The molecule has 0 N–H and O–H groups in total. The molecule has 0 amide bonds. The lowest BCUT2D eigenvalue weighted by atomic mass is 9.64. The molecule has 212 valence electrons. The maximum atomic E-state index is 5.11. The Morgan fingerprint density at radius 3 is 1.49 bits per heavy atom. The van der Waals surface area contributed by atoms with Gasteiger partial charge in [-0.1, -0.05) is 133 Å². The van der Waals surface area contributed by atoms with Crippen molar-refractivity contribution in [3.05, 3.63) is 176 Å². The Balaban J connectivity index is 1.29. The number of hydrogen-bond donors (Lipinski definition) is 0. The number of fused-ring (bicyclic) bond motifs is 1. The number of aromatic nitrogens is 2. The predicted molar refractivity (Wildman–Crippen MR) is 187 cm³/mol. The minimum absolute atomic E-state index is 0.0774. The van der Waals surface area contributed by atoms with Gasteiger partial charge in [0.25, 0.3) is 0 Å². The van der Waals surface area contributed by atoms with E-state index in [9.17, 15) is 0 Å². The zero-order valence-electron chi connectivity index (χ0n) is 24.6. The van der Waals surface area contributed by atoms with E-state index < -0.39 is 0 Å². The van der Waals surface area contributed by atoms with Crippen LogP contribution in [0.4, 0.5) is 22.7 Å². The van der Waals surface area contributed by atoms with Crippen LogP contribution in [0.2, 0.25) is 0 Å². The fraction of sp³-hybridized carbons (Fsp3) is 0. The summed E-state index contributed by atoms with van der Waals surface area (Å²) < 4.78 is 0. The van der Waals surface area contributed by atoms with E-state index in [2.05, 4.69) is 149 Å². The first kappa shape index (κ1) is 26.7. The standard InChI is InChI=1S/C40H29BN4/c1-5-16-30(17-6-1)36-29-37(43-40(42-36)31-18-7-2-8-19-31)32-20-15-25-35(28-32)45-39-27-14-13-26-38(39)44(34-23-11-4-12-24-34)41(45)33-21-9-3-10-22-33/h1-29H. The van der Waals surface area contributed by atoms with Crippen LogP contribution < -0.4 is 15.1 Å². The molecule has 0 unspecified atom stereocenters. The first-order valence-electron chi connectivity index (χ1n) is 15.2. The summed E-state index contributed by atoms with van der Waals surface area (Å²) in [6.45, 7) is -0.0774. The van der Waals surface area contributed by atoms with Gasteiger partial charge in [-0.15, -0.1) is 0 Å². The average Bonchev–Trinajstić information content (AvgIpc) is 3.48. The summed E-state index contributed by atoms with van der Waals surface area (Å²) in [4.78, 5) is 15.0. The van der Waals surface area contributed by atoms with Crippen LogP contribution in [0, 0.1) is 0 Å². The van der Waals surface area contributed by atoms with Crippen LogP contribution in [0.5, 0.6) is 0 Å². The molecule has 0 fully saturated rings. The Kier molecular flexibility index (Phi) is 6.89. The van der Waals surface area contributed by atoms with Crippen LogP contribution in [-0.2, 0) is 0 Å². The molecule has 0 aliphatic carbocycles. The first-order chi connectivity index (χ1) is 22.3. The fourth-order valence-corrected chi connectivity index (χ4v) is 6.21. The van der Waals surface area contributed by atoms with Crippen LogP contribution in [0.15, 0.2) is 176 Å². The molecule has 0 bridgehead atoms. The number of anilines is 4. The topological polar surface area (TPSA) is 32.3 Å². The van der Waals surface area contributed by atoms with Gasteiger partial charge in [-0.25, -0.2) is 9.97 Å². The Morgan fingerprint density at radius 2 is 0.844 bits per heavy atom. The van der Waals surface area contributed by atoms with Crippen molar-refractivity contribution < 1.29 is 0 Å². The Labute approximate surface area is 264 Å². The molecule has 1 aromatic heterocycles. The highest BCUT2D eigenvalue weighted by Crippen LogP contribution is 2.46. The summed E-state index contributed by atoms with van der Waals surface area (Å²) in [7, 11) is 0. The van der Waals surface area contributed by atoms with Crippen molar-refractivity contribution in [2.24, 2.45) is 0 Å². The summed E-state index contributed by atoms with van der Waals surface area (Å²) >= 11 is 0. The summed E-state index contributed by atoms with van der Waals surface area (Å²) in [6, 6.07) is 61.4. The van der Waals surface area contributed by atoms with Gasteiger partial charge in [-0.05, 0) is 47.9 Å². The average molecular weight is 577 g/mol. The molecular weight excluding hydrogens is 547 g/mol. The molecule has 0 atom stereocenters. The van der Waals surface area contributed by atoms with Gasteiger partial charge in [0.1, 0.15) is 0 Å². The first-order valence-corrected chi connectivity index (χ1v) is 15.2. The minimum Gasteiger partial charge on any atom is -0.360 e. The van der Waals surface area contributed by atoms with E-state index in [1.165, 1.54) is 11.2 Å². The monoisotopic (exact) mass is 576 g/mol. The summed E-state index contributed by atoms with van der Waals surface area (Å²) in [5.41, 5.74) is 10.6. The molecule has 2 heterocycles. The normalized spacial score (nSPS) is 12.3. The molecule has 8 rings (SSSR count). The van der Waals surface area contributed by atoms with Gasteiger partial charge in [-0.3, -0.25) is 0 Å². The summed E-state index contributed by atoms with van der Waals surface area (Å²) in [6.07, 6.45) is 0. The molecular formula is C40H29BN4. The van der Waals surface area contributed by atoms with Crippen LogP contribution in [0.3, 0.4) is 0 Å². The van der Waals surface area contributed by atoms with Crippen molar-refractivity contribution in [2.75, 3.05) is 9.62 Å². The summed E-state index contributed by atoms with van der Waals surface area (Å²) in [5, 5.41) is 0. The van der Waals surface area contributed by atoms with Gasteiger partial charge >= 0.3 is 6.98 Å². The highest BCUT2D eigenvalue weighted by Gasteiger charge is 2.43. The van der Waals surface area contributed by atoms with Crippen LogP contribution in [-0.4, -0.2) is 17.0 Å². The van der Waals surface area contributed by atoms with E-state index in [0.29, 0.717) is 5.82 Å². The highest BCUT2D eigenvalue weighted by molar-refractivity contribution is 6.84. The van der Waals surface area contributed by atoms with Gasteiger partial charge in [0, 0.05) is 28.1 Å². The van der Waals surface area contributed by atoms with Crippen molar-refractivity contribution in [1.82, 2.24) is 9.97 Å². The lowest BCUT2D eigenvalue weighted by Crippen LogP contribution is -2.53. The van der Waals surface area contributed by atoms with Gasteiger partial charge < -0.3 is 9.62 Å². The molecule has 45 heavy (non-hydrogen) atoms. The molecule has 6 aromatic carbocycles. The SMILES string of the molecule is c1ccc(B2N(c3ccccc3)c3ccccc3N2c2cccc(-c3cc(-c4ccccc4)nc(-c4ccccc4)n3)c2)cc1. The number of nitrogens with zero attached hydrogens (tertiary/aromatic N) is 4. The zero-order chi connectivity index (χ0) is 30.0. The largest absolute Gasteiger partial charge is 0.420 e. The van der Waals surface area contributed by atoms with Crippen molar-refractivity contribution in [3.63, 3.8) is 0 Å². The number of para-hydroxylation sites is 3. The second-order valence-electron chi connectivity index (χ2n) is 11.1. The molecule has 1 aliphatic heterocycles. The highest BCUT2D eigenvalue weighted by atomic mass is 15.3. The molecule has 5 heteroatoms. The van der Waals surface area contributed by atoms with Gasteiger partial charge in [0.15, 0.2) is 5.82 Å². The molecule has 4 nitrogen and oxygen atoms in total. The molecule has 7 aromatic rings. The number of hydrogen-bond acceptors (Lipinski definition) is 4. The maximum Gasteiger partial charge on any atom is 0.420 e. The number of benzene rings is 6. The van der Waals surface area contributed by atoms with E-state index in [0.717, 1.165) is 45.1 Å². The van der Waals surface area contributed by atoms with E-state index >= 15 is 0 Å². The van der Waals surface area contributed by atoms with Crippen molar-refractivity contribution in [2.45, 2.75) is 0 Å². The van der Waals surface area contributed by atoms with E-state index in [-0.39, 0.29) is 6.98 Å². The smallest absolute Gasteiger partial charge is 0.360 e.